The van der Waals surface area contributed by atoms with Crippen LogP contribution in [0.1, 0.15) is 72.6 Å². The Kier molecular flexibility index (Phi) is 5.30. The smallest absolute Gasteiger partial charge is 0.0257 e. The van der Waals surface area contributed by atoms with Crippen molar-refractivity contribution < 1.29 is 0 Å². The molecule has 0 saturated heterocycles. The molecular formula is C17H34N2. The second-order valence-corrected chi connectivity index (χ2v) is 7.50. The molecule has 0 aromatic rings. The minimum atomic E-state index is 0.538. The van der Waals surface area contributed by atoms with Gasteiger partial charge in [0, 0.05) is 18.1 Å². The maximum atomic E-state index is 3.84. The van der Waals surface area contributed by atoms with Gasteiger partial charge >= 0.3 is 0 Å². The van der Waals surface area contributed by atoms with Crippen LogP contribution in [0.5, 0.6) is 0 Å². The summed E-state index contributed by atoms with van der Waals surface area (Å²) in [4.78, 5) is 2.86. The van der Waals surface area contributed by atoms with Gasteiger partial charge in [-0.1, -0.05) is 27.7 Å². The van der Waals surface area contributed by atoms with Crippen LogP contribution in [0.15, 0.2) is 0 Å². The van der Waals surface area contributed by atoms with Crippen molar-refractivity contribution in [2.24, 2.45) is 5.41 Å². The fourth-order valence-corrected chi connectivity index (χ4v) is 3.75. The number of rotatable bonds is 7. The van der Waals surface area contributed by atoms with Crippen LogP contribution in [0.4, 0.5) is 0 Å². The van der Waals surface area contributed by atoms with E-state index in [1.807, 2.05) is 0 Å². The Bertz CT molecular complexity index is 270. The zero-order valence-electron chi connectivity index (χ0n) is 13.5. The third-order valence-electron chi connectivity index (χ3n) is 4.94. The van der Waals surface area contributed by atoms with Crippen molar-refractivity contribution in [2.45, 2.75) is 90.8 Å². The van der Waals surface area contributed by atoms with Crippen LogP contribution in [0, 0.1) is 5.41 Å². The summed E-state index contributed by atoms with van der Waals surface area (Å²) in [6.45, 7) is 12.0. The molecule has 2 rings (SSSR count). The van der Waals surface area contributed by atoms with Crippen LogP contribution in [-0.4, -0.2) is 36.1 Å². The predicted molar refractivity (Wildman–Crippen MR) is 83.5 cm³/mol. The molecule has 0 aromatic carbocycles. The minimum absolute atomic E-state index is 0.538. The highest BCUT2D eigenvalue weighted by Gasteiger charge is 2.42. The third-order valence-corrected chi connectivity index (χ3v) is 4.94. The Hall–Kier alpha value is -0.0800. The highest BCUT2D eigenvalue weighted by molar-refractivity contribution is 4.99. The van der Waals surface area contributed by atoms with Crippen molar-refractivity contribution in [3.8, 4) is 0 Å². The SMILES string of the molecule is CCCNC1CCC(C)(C)CC1N(CCC)C1CC1. The van der Waals surface area contributed by atoms with E-state index in [2.05, 4.69) is 37.9 Å². The van der Waals surface area contributed by atoms with Gasteiger partial charge in [0.2, 0.25) is 0 Å². The molecule has 2 saturated carbocycles. The van der Waals surface area contributed by atoms with Crippen LogP contribution in [-0.2, 0) is 0 Å². The van der Waals surface area contributed by atoms with E-state index in [0.717, 1.165) is 18.1 Å². The van der Waals surface area contributed by atoms with Gasteiger partial charge < -0.3 is 5.32 Å². The minimum Gasteiger partial charge on any atom is -0.312 e. The Morgan fingerprint density at radius 1 is 1.11 bits per heavy atom. The zero-order chi connectivity index (χ0) is 13.9. The highest BCUT2D eigenvalue weighted by Crippen LogP contribution is 2.41. The monoisotopic (exact) mass is 266 g/mol. The molecule has 0 heterocycles. The summed E-state index contributed by atoms with van der Waals surface area (Å²) in [5, 5.41) is 3.84. The van der Waals surface area contributed by atoms with Crippen molar-refractivity contribution in [1.29, 1.82) is 0 Å². The largest absolute Gasteiger partial charge is 0.312 e. The van der Waals surface area contributed by atoms with E-state index in [0.29, 0.717) is 5.41 Å². The lowest BCUT2D eigenvalue weighted by Gasteiger charge is -2.46. The van der Waals surface area contributed by atoms with Crippen LogP contribution in [0.2, 0.25) is 0 Å². The van der Waals surface area contributed by atoms with E-state index in [1.54, 1.807) is 0 Å². The van der Waals surface area contributed by atoms with E-state index in [1.165, 1.54) is 58.0 Å². The molecular weight excluding hydrogens is 232 g/mol. The van der Waals surface area contributed by atoms with Gasteiger partial charge in [-0.3, -0.25) is 4.90 Å². The summed E-state index contributed by atoms with van der Waals surface area (Å²) in [6, 6.07) is 2.42. The number of nitrogens with one attached hydrogen (secondary N) is 1. The average molecular weight is 266 g/mol. The van der Waals surface area contributed by atoms with E-state index >= 15 is 0 Å². The van der Waals surface area contributed by atoms with Crippen molar-refractivity contribution in [2.75, 3.05) is 13.1 Å². The van der Waals surface area contributed by atoms with Gasteiger partial charge in [0.05, 0.1) is 0 Å². The van der Waals surface area contributed by atoms with Gasteiger partial charge in [-0.05, 0) is 63.5 Å². The maximum absolute atomic E-state index is 3.84. The van der Waals surface area contributed by atoms with Gasteiger partial charge in [0.15, 0.2) is 0 Å². The van der Waals surface area contributed by atoms with Crippen molar-refractivity contribution in [3.63, 3.8) is 0 Å². The fraction of sp³-hybridized carbons (Fsp3) is 1.00. The van der Waals surface area contributed by atoms with Crippen molar-refractivity contribution in [3.05, 3.63) is 0 Å². The van der Waals surface area contributed by atoms with Crippen LogP contribution in [0.3, 0.4) is 0 Å². The summed E-state index contributed by atoms with van der Waals surface area (Å²) < 4.78 is 0. The number of hydrogen-bond donors (Lipinski definition) is 1. The van der Waals surface area contributed by atoms with Gasteiger partial charge in [-0.25, -0.2) is 0 Å². The molecule has 2 unspecified atom stereocenters. The van der Waals surface area contributed by atoms with Crippen molar-refractivity contribution in [1.82, 2.24) is 10.2 Å². The molecule has 19 heavy (non-hydrogen) atoms. The molecule has 0 radical (unpaired) electrons. The van der Waals surface area contributed by atoms with E-state index < -0.39 is 0 Å². The molecule has 2 aliphatic carbocycles. The summed E-state index contributed by atoms with van der Waals surface area (Å²) >= 11 is 0. The normalized spacial score (nSPS) is 30.8. The molecule has 0 amide bonds. The average Bonchev–Trinajstić information content (AvgIpc) is 3.18. The summed E-state index contributed by atoms with van der Waals surface area (Å²) in [5.41, 5.74) is 0.538. The topological polar surface area (TPSA) is 15.3 Å². The van der Waals surface area contributed by atoms with Crippen LogP contribution >= 0.6 is 0 Å². The number of hydrogen-bond acceptors (Lipinski definition) is 2. The summed E-state index contributed by atoms with van der Waals surface area (Å²) in [5.74, 6) is 0. The van der Waals surface area contributed by atoms with Gasteiger partial charge in [0.25, 0.3) is 0 Å². The number of nitrogens with zero attached hydrogens (tertiary/aromatic N) is 1. The molecule has 2 nitrogen and oxygen atoms in total. The lowest BCUT2D eigenvalue weighted by molar-refractivity contribution is 0.0591. The summed E-state index contributed by atoms with van der Waals surface area (Å²) in [6.07, 6.45) is 9.57. The Morgan fingerprint density at radius 3 is 2.42 bits per heavy atom. The Balaban J connectivity index is 2.04. The first-order valence-corrected chi connectivity index (χ1v) is 8.56. The molecule has 0 aliphatic heterocycles. The quantitative estimate of drug-likeness (QED) is 0.754. The zero-order valence-corrected chi connectivity index (χ0v) is 13.5. The molecule has 0 spiro atoms. The second kappa shape index (κ2) is 6.58. The first-order chi connectivity index (χ1) is 9.07. The molecule has 2 atom stereocenters. The standard InChI is InChI=1S/C17H34N2/c1-5-11-18-15-9-10-17(3,4)13-16(15)19(12-6-2)14-7-8-14/h14-16,18H,5-13H2,1-4H3. The van der Waals surface area contributed by atoms with E-state index in [-0.39, 0.29) is 0 Å². The molecule has 2 fully saturated rings. The first kappa shape index (κ1) is 15.3. The van der Waals surface area contributed by atoms with E-state index in [4.69, 9.17) is 0 Å². The molecule has 2 aliphatic rings. The van der Waals surface area contributed by atoms with Crippen LogP contribution in [0.25, 0.3) is 0 Å². The van der Waals surface area contributed by atoms with Crippen LogP contribution < -0.4 is 5.32 Å². The third kappa shape index (κ3) is 4.19. The molecule has 2 heteroatoms. The van der Waals surface area contributed by atoms with Gasteiger partial charge in [-0.2, -0.15) is 0 Å². The van der Waals surface area contributed by atoms with Crippen molar-refractivity contribution >= 4 is 0 Å². The molecule has 112 valence electrons. The highest BCUT2D eigenvalue weighted by atomic mass is 15.2. The van der Waals surface area contributed by atoms with E-state index in [9.17, 15) is 0 Å². The predicted octanol–water partition coefficient (Wildman–Crippen LogP) is 3.81. The van der Waals surface area contributed by atoms with Gasteiger partial charge in [-0.15, -0.1) is 0 Å². The Morgan fingerprint density at radius 2 is 1.84 bits per heavy atom. The molecule has 0 aromatic heterocycles. The maximum Gasteiger partial charge on any atom is 0.0257 e. The summed E-state index contributed by atoms with van der Waals surface area (Å²) in [7, 11) is 0. The lowest BCUT2D eigenvalue weighted by Crippen LogP contribution is -2.55. The Labute approximate surface area is 120 Å². The fourth-order valence-electron chi connectivity index (χ4n) is 3.75. The first-order valence-electron chi connectivity index (χ1n) is 8.56. The van der Waals surface area contributed by atoms with Gasteiger partial charge in [0.1, 0.15) is 0 Å². The second-order valence-electron chi connectivity index (χ2n) is 7.50. The lowest BCUT2D eigenvalue weighted by atomic mass is 9.72. The molecule has 1 N–H and O–H groups in total. The molecule has 0 bridgehead atoms.